The van der Waals surface area contributed by atoms with Crippen molar-refractivity contribution in [3.8, 4) is 23.8 Å². The van der Waals surface area contributed by atoms with Crippen molar-refractivity contribution >= 4 is 23.3 Å². The first-order valence-electron chi connectivity index (χ1n) is 9.17. The summed E-state index contributed by atoms with van der Waals surface area (Å²) < 4.78 is 48.4. The number of rotatable bonds is 9. The van der Waals surface area contributed by atoms with Crippen molar-refractivity contribution < 1.29 is 22.6 Å². The number of ether oxygens (including phenoxy) is 2. The van der Waals surface area contributed by atoms with Gasteiger partial charge in [0, 0.05) is 13.0 Å². The van der Waals surface area contributed by atoms with Gasteiger partial charge in [-0.05, 0) is 41.8 Å². The summed E-state index contributed by atoms with van der Waals surface area (Å²) in [5, 5.41) is 3.11. The summed E-state index contributed by atoms with van der Waals surface area (Å²) in [4.78, 5) is 0.693. The Morgan fingerprint density at radius 3 is 2.53 bits per heavy atom. The maximum Gasteiger partial charge on any atom is 0.416 e. The zero-order chi connectivity index (χ0) is 22.0. The maximum atomic E-state index is 12.6. The average Bonchev–Trinajstić information content (AvgIpc) is 2.73. The Morgan fingerprint density at radius 1 is 1.17 bits per heavy atom. The molecule has 0 radical (unpaired) electrons. The van der Waals surface area contributed by atoms with Crippen LogP contribution in [0.3, 0.4) is 0 Å². The summed E-state index contributed by atoms with van der Waals surface area (Å²) in [6, 6.07) is 10.6. The van der Waals surface area contributed by atoms with Crippen molar-refractivity contribution in [2.75, 3.05) is 20.3 Å². The summed E-state index contributed by atoms with van der Waals surface area (Å²) in [7, 11) is 1.57. The minimum atomic E-state index is -4.32. The molecule has 0 aliphatic heterocycles. The van der Waals surface area contributed by atoms with Crippen LogP contribution in [0, 0.1) is 12.3 Å². The number of nitrogens with one attached hydrogen (secondary N) is 1. The molecule has 0 fully saturated rings. The summed E-state index contributed by atoms with van der Waals surface area (Å²) in [6.07, 6.45) is 5.81. The van der Waals surface area contributed by atoms with Gasteiger partial charge in [0.1, 0.15) is 6.61 Å². The predicted octanol–water partition coefficient (Wildman–Crippen LogP) is 5.29. The van der Waals surface area contributed by atoms with Gasteiger partial charge in [-0.25, -0.2) is 0 Å². The van der Waals surface area contributed by atoms with Crippen LogP contribution in [0.15, 0.2) is 48.5 Å². The summed E-state index contributed by atoms with van der Waals surface area (Å²) in [6.45, 7) is 0.658. The minimum absolute atomic E-state index is 0.170. The number of methoxy groups -OCH3 is 1. The third-order valence-electron chi connectivity index (χ3n) is 4.15. The molecule has 0 heterocycles. The fourth-order valence-electron chi connectivity index (χ4n) is 2.60. The molecule has 30 heavy (non-hydrogen) atoms. The molecule has 2 rings (SSSR count). The van der Waals surface area contributed by atoms with Crippen LogP contribution in [0.4, 0.5) is 13.2 Å². The van der Waals surface area contributed by atoms with E-state index in [0.717, 1.165) is 24.1 Å². The van der Waals surface area contributed by atoms with Crippen molar-refractivity contribution in [1.82, 2.24) is 5.32 Å². The lowest BCUT2D eigenvalue weighted by molar-refractivity contribution is -0.137. The molecular weight excluding hydrogens is 411 g/mol. The Hall–Kier alpha value is -2.98. The van der Waals surface area contributed by atoms with E-state index in [9.17, 15) is 13.2 Å². The highest BCUT2D eigenvalue weighted by Crippen LogP contribution is 2.29. The number of halogens is 3. The van der Waals surface area contributed by atoms with Crippen LogP contribution in [-0.2, 0) is 12.6 Å². The van der Waals surface area contributed by atoms with Crippen LogP contribution in [0.2, 0.25) is 0 Å². The van der Waals surface area contributed by atoms with Crippen LogP contribution in [0.25, 0.3) is 6.08 Å². The molecule has 0 atom stereocenters. The molecule has 1 N–H and O–H groups in total. The molecule has 0 bridgehead atoms. The zero-order valence-corrected chi connectivity index (χ0v) is 17.3. The average molecular weight is 433 g/mol. The minimum Gasteiger partial charge on any atom is -0.493 e. The number of thiocarbonyl (C=S) groups is 1. The highest BCUT2D eigenvalue weighted by molar-refractivity contribution is 7.80. The highest BCUT2D eigenvalue weighted by Gasteiger charge is 2.29. The number of alkyl halides is 3. The molecule has 3 nitrogen and oxygen atoms in total. The molecule has 0 aromatic heterocycles. The monoisotopic (exact) mass is 433 g/mol. The molecule has 0 aliphatic carbocycles. The van der Waals surface area contributed by atoms with Crippen LogP contribution in [0.1, 0.15) is 23.1 Å². The second-order valence-electron chi connectivity index (χ2n) is 6.30. The molecule has 0 unspecified atom stereocenters. The Kier molecular flexibility index (Phi) is 8.75. The van der Waals surface area contributed by atoms with E-state index in [2.05, 4.69) is 11.2 Å². The first kappa shape index (κ1) is 23.3. The normalized spacial score (nSPS) is 11.2. The smallest absolute Gasteiger partial charge is 0.416 e. The number of terminal acetylenes is 1. The third kappa shape index (κ3) is 7.45. The predicted molar refractivity (Wildman–Crippen MR) is 117 cm³/mol. The lowest BCUT2D eigenvalue weighted by atomic mass is 10.1. The molecule has 0 saturated carbocycles. The van der Waals surface area contributed by atoms with Gasteiger partial charge in [-0.2, -0.15) is 13.2 Å². The van der Waals surface area contributed by atoms with Crippen molar-refractivity contribution in [3.63, 3.8) is 0 Å². The molecular formula is C23H22F3NO2S. The molecule has 0 amide bonds. The fourth-order valence-corrected chi connectivity index (χ4v) is 2.79. The molecule has 2 aromatic carbocycles. The Balaban J connectivity index is 1.78. The first-order valence-corrected chi connectivity index (χ1v) is 9.58. The maximum absolute atomic E-state index is 12.6. The van der Waals surface area contributed by atoms with Gasteiger partial charge in [-0.15, -0.1) is 6.42 Å². The standard InChI is InChI=1S/C23H22F3NO2S/c1-3-15-29-20-12-8-18(16-21(20)28-2)9-13-22(30)27-14-4-5-17-6-10-19(11-7-17)23(24,25)26/h1,4-8,10-12,16H,9,13-15H2,2H3,(H,27,30). The van der Waals surface area contributed by atoms with Crippen LogP contribution < -0.4 is 14.8 Å². The Labute approximate surface area is 179 Å². The van der Waals surface area contributed by atoms with Gasteiger partial charge in [0.2, 0.25) is 0 Å². The van der Waals surface area contributed by atoms with E-state index in [4.69, 9.17) is 28.1 Å². The van der Waals surface area contributed by atoms with Crippen LogP contribution in [-0.4, -0.2) is 25.2 Å². The number of aryl methyl sites for hydroxylation is 1. The molecule has 0 aliphatic rings. The van der Waals surface area contributed by atoms with Gasteiger partial charge in [-0.1, -0.05) is 48.5 Å². The number of hydrogen-bond acceptors (Lipinski definition) is 3. The van der Waals surface area contributed by atoms with Gasteiger partial charge >= 0.3 is 6.18 Å². The third-order valence-corrected chi connectivity index (χ3v) is 4.49. The zero-order valence-electron chi connectivity index (χ0n) is 16.5. The van der Waals surface area contributed by atoms with Gasteiger partial charge < -0.3 is 14.8 Å². The lowest BCUT2D eigenvalue weighted by Crippen LogP contribution is -2.21. The van der Waals surface area contributed by atoms with E-state index >= 15 is 0 Å². The van der Waals surface area contributed by atoms with E-state index in [1.165, 1.54) is 12.1 Å². The second kappa shape index (κ2) is 11.3. The summed E-state index contributed by atoms with van der Waals surface area (Å²) >= 11 is 5.34. The summed E-state index contributed by atoms with van der Waals surface area (Å²) in [5.74, 6) is 3.61. The molecule has 7 heteroatoms. The Morgan fingerprint density at radius 2 is 1.90 bits per heavy atom. The number of benzene rings is 2. The molecule has 0 spiro atoms. The quantitative estimate of drug-likeness (QED) is 0.430. The lowest BCUT2D eigenvalue weighted by Gasteiger charge is -2.11. The topological polar surface area (TPSA) is 30.5 Å². The van der Waals surface area contributed by atoms with Gasteiger partial charge in [0.25, 0.3) is 0 Å². The van der Waals surface area contributed by atoms with E-state index in [0.29, 0.717) is 35.0 Å². The van der Waals surface area contributed by atoms with E-state index in [1.807, 2.05) is 24.3 Å². The molecule has 158 valence electrons. The van der Waals surface area contributed by atoms with Gasteiger partial charge in [-0.3, -0.25) is 0 Å². The van der Waals surface area contributed by atoms with Crippen LogP contribution >= 0.6 is 12.2 Å². The first-order chi connectivity index (χ1) is 14.3. The SMILES string of the molecule is C#CCOc1ccc(CCC(=S)NCC=Cc2ccc(C(F)(F)F)cc2)cc1OC. The van der Waals surface area contributed by atoms with E-state index < -0.39 is 11.7 Å². The Bertz CT molecular complexity index is 916. The molecule has 2 aromatic rings. The highest BCUT2D eigenvalue weighted by atomic mass is 32.1. The largest absolute Gasteiger partial charge is 0.493 e. The number of hydrogen-bond donors (Lipinski definition) is 1. The van der Waals surface area contributed by atoms with Crippen molar-refractivity contribution in [2.45, 2.75) is 19.0 Å². The fraction of sp³-hybridized carbons (Fsp3) is 0.261. The van der Waals surface area contributed by atoms with Gasteiger partial charge in [0.05, 0.1) is 17.7 Å². The summed E-state index contributed by atoms with van der Waals surface area (Å²) in [5.41, 5.74) is 1.07. The van der Waals surface area contributed by atoms with Crippen molar-refractivity contribution in [3.05, 3.63) is 65.2 Å². The van der Waals surface area contributed by atoms with Crippen molar-refractivity contribution in [2.24, 2.45) is 0 Å². The molecule has 0 saturated heterocycles. The second-order valence-corrected chi connectivity index (χ2v) is 6.80. The van der Waals surface area contributed by atoms with Crippen molar-refractivity contribution in [1.29, 1.82) is 0 Å². The van der Waals surface area contributed by atoms with E-state index in [-0.39, 0.29) is 6.61 Å². The van der Waals surface area contributed by atoms with E-state index in [1.54, 1.807) is 13.2 Å². The van der Waals surface area contributed by atoms with Crippen LogP contribution in [0.5, 0.6) is 11.5 Å². The van der Waals surface area contributed by atoms with Gasteiger partial charge in [0.15, 0.2) is 11.5 Å².